The first-order chi connectivity index (χ1) is 11.9. The highest BCUT2D eigenvalue weighted by Gasteiger charge is 2.37. The molecule has 1 aliphatic rings. The van der Waals surface area contributed by atoms with Gasteiger partial charge in [-0.15, -0.1) is 0 Å². The van der Waals surface area contributed by atoms with Crippen molar-refractivity contribution in [1.29, 1.82) is 0 Å². The van der Waals surface area contributed by atoms with Gasteiger partial charge in [0, 0.05) is 10.7 Å². The monoisotopic (exact) mass is 362 g/mol. The van der Waals surface area contributed by atoms with Crippen LogP contribution in [-0.2, 0) is 9.59 Å². The van der Waals surface area contributed by atoms with Crippen molar-refractivity contribution in [2.45, 2.75) is 26.0 Å². The van der Waals surface area contributed by atoms with Crippen molar-refractivity contribution in [1.82, 2.24) is 0 Å². The lowest BCUT2D eigenvalue weighted by molar-refractivity contribution is -0.128. The molecule has 1 aliphatic heterocycles. The van der Waals surface area contributed by atoms with E-state index in [1.807, 2.05) is 0 Å². The van der Waals surface area contributed by atoms with Crippen molar-refractivity contribution in [3.8, 4) is 5.75 Å². The molecule has 130 valence electrons. The molecule has 2 amide bonds. The molecule has 0 aromatic heterocycles. The zero-order chi connectivity index (χ0) is 18.1. The van der Waals surface area contributed by atoms with Crippen LogP contribution in [0.25, 0.3) is 0 Å². The average Bonchev–Trinajstić information content (AvgIpc) is 2.58. The van der Waals surface area contributed by atoms with Gasteiger partial charge in [0.25, 0.3) is 5.91 Å². The highest BCUT2D eigenvalue weighted by Crippen LogP contribution is 2.37. The Hall–Kier alpha value is -2.60. The first-order valence-electron chi connectivity index (χ1n) is 7.72. The largest absolute Gasteiger partial charge is 0.479 e. The first kappa shape index (κ1) is 17.2. The molecule has 3 rings (SSSR count). The standard InChI is InChI=1S/C18H16ClFN2O3/c1-10(17(23)21-14-6-4-13(20)5-7-14)22-15-9-12(19)3-8-16(15)25-11(2)18(22)24/h3-11H,1-2H3,(H,21,23). The molecule has 5 nitrogen and oxygen atoms in total. The molecule has 2 atom stereocenters. The molecule has 2 aromatic rings. The molecule has 0 spiro atoms. The van der Waals surface area contributed by atoms with Crippen molar-refractivity contribution in [3.63, 3.8) is 0 Å². The van der Waals surface area contributed by atoms with Gasteiger partial charge in [-0.2, -0.15) is 0 Å². The third kappa shape index (κ3) is 3.44. The number of nitrogens with zero attached hydrogens (tertiary/aromatic N) is 1. The van der Waals surface area contributed by atoms with Gasteiger partial charge in [0.1, 0.15) is 17.6 Å². The lowest BCUT2D eigenvalue weighted by atomic mass is 10.1. The second-order valence-electron chi connectivity index (χ2n) is 5.75. The quantitative estimate of drug-likeness (QED) is 0.907. The normalized spacial score (nSPS) is 17.5. The smallest absolute Gasteiger partial charge is 0.268 e. The molecule has 2 unspecified atom stereocenters. The summed E-state index contributed by atoms with van der Waals surface area (Å²) in [5.41, 5.74) is 0.885. The summed E-state index contributed by atoms with van der Waals surface area (Å²) >= 11 is 6.03. The van der Waals surface area contributed by atoms with Crippen LogP contribution in [0.1, 0.15) is 13.8 Å². The number of carbonyl (C=O) groups excluding carboxylic acids is 2. The number of fused-ring (bicyclic) bond motifs is 1. The Labute approximate surface area is 149 Å². The minimum Gasteiger partial charge on any atom is -0.479 e. The molecule has 2 aromatic carbocycles. The first-order valence-corrected chi connectivity index (χ1v) is 8.10. The van der Waals surface area contributed by atoms with Crippen LogP contribution in [-0.4, -0.2) is 24.0 Å². The highest BCUT2D eigenvalue weighted by atomic mass is 35.5. The third-order valence-corrected chi connectivity index (χ3v) is 4.18. The van der Waals surface area contributed by atoms with E-state index in [1.54, 1.807) is 32.0 Å². The van der Waals surface area contributed by atoms with Crippen LogP contribution in [0.2, 0.25) is 5.02 Å². The summed E-state index contributed by atoms with van der Waals surface area (Å²) in [6.45, 7) is 3.23. The number of hydrogen-bond donors (Lipinski definition) is 1. The summed E-state index contributed by atoms with van der Waals surface area (Å²) < 4.78 is 18.5. The van der Waals surface area contributed by atoms with Crippen LogP contribution in [0.3, 0.4) is 0 Å². The van der Waals surface area contributed by atoms with E-state index >= 15 is 0 Å². The maximum absolute atomic E-state index is 13.0. The summed E-state index contributed by atoms with van der Waals surface area (Å²) in [6, 6.07) is 9.50. The predicted molar refractivity (Wildman–Crippen MR) is 93.5 cm³/mol. The molecular weight excluding hydrogens is 347 g/mol. The number of amides is 2. The van der Waals surface area contributed by atoms with Crippen molar-refractivity contribution >= 4 is 34.8 Å². The minimum absolute atomic E-state index is 0.337. The maximum atomic E-state index is 13.0. The number of ether oxygens (including phenoxy) is 1. The highest BCUT2D eigenvalue weighted by molar-refractivity contribution is 6.31. The van der Waals surface area contributed by atoms with Crippen LogP contribution in [0.4, 0.5) is 15.8 Å². The van der Waals surface area contributed by atoms with Gasteiger partial charge in [0.05, 0.1) is 5.69 Å². The van der Waals surface area contributed by atoms with Gasteiger partial charge in [-0.3, -0.25) is 14.5 Å². The number of benzene rings is 2. The van der Waals surface area contributed by atoms with Crippen molar-refractivity contribution in [2.75, 3.05) is 10.2 Å². The van der Waals surface area contributed by atoms with Crippen molar-refractivity contribution < 1.29 is 18.7 Å². The zero-order valence-electron chi connectivity index (χ0n) is 13.6. The zero-order valence-corrected chi connectivity index (χ0v) is 14.4. The molecule has 0 bridgehead atoms. The van der Waals surface area contributed by atoms with E-state index < -0.39 is 23.9 Å². The van der Waals surface area contributed by atoms with Gasteiger partial charge in [0.2, 0.25) is 5.91 Å². The van der Waals surface area contributed by atoms with Crippen LogP contribution < -0.4 is 15.0 Å². The average molecular weight is 363 g/mol. The van der Waals surface area contributed by atoms with Gasteiger partial charge in [-0.05, 0) is 56.3 Å². The number of anilines is 2. The second-order valence-corrected chi connectivity index (χ2v) is 6.19. The Bertz CT molecular complexity index is 826. The van der Waals surface area contributed by atoms with Gasteiger partial charge >= 0.3 is 0 Å². The Morgan fingerprint density at radius 1 is 1.28 bits per heavy atom. The van der Waals surface area contributed by atoms with E-state index in [4.69, 9.17) is 16.3 Å². The van der Waals surface area contributed by atoms with Crippen LogP contribution in [0, 0.1) is 5.82 Å². The van der Waals surface area contributed by atoms with Gasteiger partial charge in [0.15, 0.2) is 6.10 Å². The molecule has 7 heteroatoms. The number of rotatable bonds is 3. The van der Waals surface area contributed by atoms with E-state index in [0.29, 0.717) is 22.1 Å². The molecule has 0 saturated heterocycles. The van der Waals surface area contributed by atoms with E-state index in [1.165, 1.54) is 29.2 Å². The van der Waals surface area contributed by atoms with Gasteiger partial charge in [-0.25, -0.2) is 4.39 Å². The lowest BCUT2D eigenvalue weighted by Crippen LogP contribution is -2.52. The molecular formula is C18H16ClFN2O3. The lowest BCUT2D eigenvalue weighted by Gasteiger charge is -2.36. The minimum atomic E-state index is -0.805. The molecule has 25 heavy (non-hydrogen) atoms. The SMILES string of the molecule is CC1Oc2ccc(Cl)cc2N(C(C)C(=O)Nc2ccc(F)cc2)C1=O. The fourth-order valence-electron chi connectivity index (χ4n) is 2.63. The van der Waals surface area contributed by atoms with E-state index in [0.717, 1.165) is 0 Å². The molecule has 0 radical (unpaired) electrons. The number of carbonyl (C=O) groups is 2. The summed E-state index contributed by atoms with van der Waals surface area (Å²) in [4.78, 5) is 26.5. The Morgan fingerprint density at radius 2 is 1.96 bits per heavy atom. The Balaban J connectivity index is 1.88. The fourth-order valence-corrected chi connectivity index (χ4v) is 2.80. The van der Waals surface area contributed by atoms with Gasteiger partial charge < -0.3 is 10.1 Å². The summed E-state index contributed by atoms with van der Waals surface area (Å²) in [5, 5.41) is 3.11. The molecule has 0 saturated carbocycles. The molecule has 1 N–H and O–H groups in total. The summed E-state index contributed by atoms with van der Waals surface area (Å²) in [7, 11) is 0. The molecule has 1 heterocycles. The number of halogens is 2. The fraction of sp³-hybridized carbons (Fsp3) is 0.222. The predicted octanol–water partition coefficient (Wildman–Crippen LogP) is 3.62. The molecule has 0 aliphatic carbocycles. The van der Waals surface area contributed by atoms with E-state index in [-0.39, 0.29) is 5.91 Å². The maximum Gasteiger partial charge on any atom is 0.268 e. The van der Waals surface area contributed by atoms with E-state index in [2.05, 4.69) is 5.32 Å². The van der Waals surface area contributed by atoms with E-state index in [9.17, 15) is 14.0 Å². The van der Waals surface area contributed by atoms with Crippen molar-refractivity contribution in [2.24, 2.45) is 0 Å². The van der Waals surface area contributed by atoms with Crippen LogP contribution >= 0.6 is 11.6 Å². The Morgan fingerprint density at radius 3 is 2.64 bits per heavy atom. The van der Waals surface area contributed by atoms with Crippen molar-refractivity contribution in [3.05, 3.63) is 53.3 Å². The number of nitrogens with one attached hydrogen (secondary N) is 1. The number of hydrogen-bond acceptors (Lipinski definition) is 3. The Kier molecular flexibility index (Phi) is 4.63. The summed E-state index contributed by atoms with van der Waals surface area (Å²) in [6.07, 6.45) is -0.713. The third-order valence-electron chi connectivity index (χ3n) is 3.95. The van der Waals surface area contributed by atoms with Crippen LogP contribution in [0.5, 0.6) is 5.75 Å². The van der Waals surface area contributed by atoms with Crippen LogP contribution in [0.15, 0.2) is 42.5 Å². The second kappa shape index (κ2) is 6.72. The molecule has 0 fully saturated rings. The van der Waals surface area contributed by atoms with Gasteiger partial charge in [-0.1, -0.05) is 11.6 Å². The summed E-state index contributed by atoms with van der Waals surface area (Å²) in [5.74, 6) is -0.652. The topological polar surface area (TPSA) is 58.6 Å².